The second-order valence-corrected chi connectivity index (χ2v) is 7.49. The number of nitrogens with one attached hydrogen (secondary N) is 1. The summed E-state index contributed by atoms with van der Waals surface area (Å²) in [6.45, 7) is 12.3. The molecule has 3 aromatic rings. The van der Waals surface area contributed by atoms with E-state index in [1.807, 2.05) is 65.8 Å². The van der Waals surface area contributed by atoms with Gasteiger partial charge in [0.1, 0.15) is 22.8 Å². The summed E-state index contributed by atoms with van der Waals surface area (Å²) in [6, 6.07) is 7.72. The van der Waals surface area contributed by atoms with Crippen molar-refractivity contribution >= 4 is 28.1 Å². The predicted octanol–water partition coefficient (Wildman–Crippen LogP) is 6.12. The smallest absolute Gasteiger partial charge is 0.248 e. The van der Waals surface area contributed by atoms with Gasteiger partial charge < -0.3 is 19.2 Å². The van der Waals surface area contributed by atoms with Crippen LogP contribution in [-0.4, -0.2) is 19.6 Å². The minimum absolute atomic E-state index is 0.225. The molecule has 0 aliphatic carbocycles. The number of carbonyl (C=O) groups excluding carboxylic acids is 1. The van der Waals surface area contributed by atoms with E-state index in [-0.39, 0.29) is 5.91 Å². The maximum absolute atomic E-state index is 12.8. The molecular weight excluding hydrogens is 378 g/mol. The summed E-state index contributed by atoms with van der Waals surface area (Å²) in [6.07, 6.45) is 1.59. The van der Waals surface area contributed by atoms with E-state index in [1.54, 1.807) is 13.2 Å². The average Bonchev–Trinajstić information content (AvgIpc) is 2.98. The molecule has 0 atom stereocenters. The van der Waals surface area contributed by atoms with E-state index in [1.165, 1.54) is 0 Å². The van der Waals surface area contributed by atoms with Crippen LogP contribution in [0.15, 0.2) is 34.8 Å². The molecule has 158 valence electrons. The van der Waals surface area contributed by atoms with Gasteiger partial charge in [0.05, 0.1) is 19.4 Å². The first-order chi connectivity index (χ1) is 14.3. The molecule has 5 nitrogen and oxygen atoms in total. The Morgan fingerprint density at radius 1 is 1.13 bits per heavy atom. The molecule has 0 saturated carbocycles. The van der Waals surface area contributed by atoms with Crippen molar-refractivity contribution in [3.8, 4) is 11.5 Å². The van der Waals surface area contributed by atoms with Gasteiger partial charge in [-0.05, 0) is 76.4 Å². The Bertz CT molecular complexity index is 1140. The lowest BCUT2D eigenvalue weighted by atomic mass is 9.98. The van der Waals surface area contributed by atoms with Crippen LogP contribution in [0.1, 0.15) is 41.9 Å². The average molecular weight is 408 g/mol. The van der Waals surface area contributed by atoms with Crippen LogP contribution in [-0.2, 0) is 4.79 Å². The van der Waals surface area contributed by atoms with Crippen LogP contribution in [0, 0.1) is 27.7 Å². The number of hydrogen-bond acceptors (Lipinski definition) is 4. The maximum Gasteiger partial charge on any atom is 0.248 e. The van der Waals surface area contributed by atoms with Crippen LogP contribution >= 0.6 is 0 Å². The lowest BCUT2D eigenvalue weighted by Gasteiger charge is -2.15. The highest BCUT2D eigenvalue weighted by molar-refractivity contribution is 6.05. The van der Waals surface area contributed by atoms with Gasteiger partial charge in [-0.15, -0.1) is 0 Å². The van der Waals surface area contributed by atoms with E-state index >= 15 is 0 Å². The molecule has 0 spiro atoms. The first-order valence-corrected chi connectivity index (χ1v) is 10.1. The number of amides is 1. The van der Waals surface area contributed by atoms with Crippen molar-refractivity contribution in [2.45, 2.75) is 41.5 Å². The van der Waals surface area contributed by atoms with Crippen molar-refractivity contribution in [1.29, 1.82) is 0 Å². The van der Waals surface area contributed by atoms with Gasteiger partial charge >= 0.3 is 0 Å². The van der Waals surface area contributed by atoms with Gasteiger partial charge in [-0.25, -0.2) is 0 Å². The molecule has 1 aromatic heterocycles. The molecule has 0 fully saturated rings. The number of ether oxygens (including phenoxy) is 2. The minimum atomic E-state index is -0.225. The molecule has 0 bridgehead atoms. The van der Waals surface area contributed by atoms with Crippen LogP contribution in [0.5, 0.6) is 11.5 Å². The molecule has 0 saturated heterocycles. The molecule has 1 N–H and O–H groups in total. The molecule has 2 aromatic carbocycles. The first kappa shape index (κ1) is 21.5. The van der Waals surface area contributed by atoms with E-state index in [0.29, 0.717) is 18.0 Å². The Hall–Kier alpha value is -3.21. The van der Waals surface area contributed by atoms with Gasteiger partial charge in [0.2, 0.25) is 5.91 Å². The van der Waals surface area contributed by atoms with Crippen LogP contribution in [0.25, 0.3) is 16.5 Å². The fraction of sp³-hybridized carbons (Fsp3) is 0.320. The molecule has 1 heterocycles. The highest BCUT2D eigenvalue weighted by Crippen LogP contribution is 2.39. The molecule has 5 heteroatoms. The molecule has 0 aliphatic rings. The third kappa shape index (κ3) is 4.06. The first-order valence-electron chi connectivity index (χ1n) is 10.1. The topological polar surface area (TPSA) is 60.7 Å². The molecular formula is C25H29NO4. The number of fused-ring (bicyclic) bond motifs is 1. The van der Waals surface area contributed by atoms with Gasteiger partial charge in [-0.1, -0.05) is 6.07 Å². The Balaban J connectivity index is 2.03. The van der Waals surface area contributed by atoms with E-state index < -0.39 is 0 Å². The Morgan fingerprint density at radius 3 is 2.53 bits per heavy atom. The number of methoxy groups -OCH3 is 1. The number of aryl methyl sites for hydroxylation is 4. The normalized spacial score (nSPS) is 11.6. The zero-order valence-corrected chi connectivity index (χ0v) is 18.7. The Kier molecular flexibility index (Phi) is 6.20. The monoisotopic (exact) mass is 407 g/mol. The summed E-state index contributed by atoms with van der Waals surface area (Å²) in [4.78, 5) is 12.8. The summed E-state index contributed by atoms with van der Waals surface area (Å²) in [5.74, 6) is 2.03. The van der Waals surface area contributed by atoms with Crippen LogP contribution in [0.3, 0.4) is 0 Å². The number of carbonyl (C=O) groups is 1. The molecule has 0 unspecified atom stereocenters. The number of benzene rings is 2. The fourth-order valence-electron chi connectivity index (χ4n) is 3.60. The highest BCUT2D eigenvalue weighted by Gasteiger charge is 2.19. The standard InChI is InChI=1S/C25H29NO4/c1-8-29-24-17(5)25-20(16(4)18(6)30-25)13-19(24)15(3)12-23(27)26-21-11-14(2)9-10-22(21)28-7/h9-13H,8H2,1-7H3,(H,26,27)/b15-12+. The quantitative estimate of drug-likeness (QED) is 0.500. The third-order valence-corrected chi connectivity index (χ3v) is 5.32. The Morgan fingerprint density at radius 2 is 1.87 bits per heavy atom. The van der Waals surface area contributed by atoms with Gasteiger partial charge in [-0.2, -0.15) is 0 Å². The minimum Gasteiger partial charge on any atom is -0.495 e. The molecule has 3 rings (SSSR count). The summed E-state index contributed by atoms with van der Waals surface area (Å²) in [5, 5.41) is 3.96. The third-order valence-electron chi connectivity index (χ3n) is 5.32. The SMILES string of the molecule is CCOc1c(/C(C)=C/C(=O)Nc2cc(C)ccc2OC)cc2c(C)c(C)oc2c1C. The van der Waals surface area contributed by atoms with Crippen molar-refractivity contribution in [3.63, 3.8) is 0 Å². The van der Waals surface area contributed by atoms with Crippen molar-refractivity contribution in [3.05, 3.63) is 58.4 Å². The van der Waals surface area contributed by atoms with E-state index in [0.717, 1.165) is 50.3 Å². The van der Waals surface area contributed by atoms with Gasteiger partial charge in [0, 0.05) is 22.6 Å². The number of hydrogen-bond donors (Lipinski definition) is 1. The largest absolute Gasteiger partial charge is 0.495 e. The van der Waals surface area contributed by atoms with Crippen LogP contribution in [0.2, 0.25) is 0 Å². The molecule has 0 aliphatic heterocycles. The van der Waals surface area contributed by atoms with Crippen molar-refractivity contribution in [1.82, 2.24) is 0 Å². The lowest BCUT2D eigenvalue weighted by Crippen LogP contribution is -2.10. The van der Waals surface area contributed by atoms with Gasteiger partial charge in [0.15, 0.2) is 0 Å². The van der Waals surface area contributed by atoms with E-state index in [2.05, 4.69) is 5.32 Å². The van der Waals surface area contributed by atoms with Crippen LogP contribution in [0.4, 0.5) is 5.69 Å². The predicted molar refractivity (Wildman–Crippen MR) is 122 cm³/mol. The lowest BCUT2D eigenvalue weighted by molar-refractivity contribution is -0.111. The van der Waals surface area contributed by atoms with E-state index in [9.17, 15) is 4.79 Å². The second kappa shape index (κ2) is 8.66. The van der Waals surface area contributed by atoms with Crippen molar-refractivity contribution in [2.75, 3.05) is 19.0 Å². The summed E-state index contributed by atoms with van der Waals surface area (Å²) >= 11 is 0. The molecule has 30 heavy (non-hydrogen) atoms. The maximum atomic E-state index is 12.8. The van der Waals surface area contributed by atoms with Gasteiger partial charge in [-0.3, -0.25) is 4.79 Å². The van der Waals surface area contributed by atoms with Gasteiger partial charge in [0.25, 0.3) is 0 Å². The van der Waals surface area contributed by atoms with Crippen molar-refractivity contribution < 1.29 is 18.7 Å². The zero-order chi connectivity index (χ0) is 22.0. The Labute approximate surface area is 177 Å². The molecule has 0 radical (unpaired) electrons. The molecule has 1 amide bonds. The number of anilines is 1. The number of allylic oxidation sites excluding steroid dienone is 1. The summed E-state index contributed by atoms with van der Waals surface area (Å²) in [5.41, 5.74) is 6.25. The fourth-order valence-corrected chi connectivity index (χ4v) is 3.60. The number of furan rings is 1. The summed E-state index contributed by atoms with van der Waals surface area (Å²) in [7, 11) is 1.59. The highest BCUT2D eigenvalue weighted by atomic mass is 16.5. The second-order valence-electron chi connectivity index (χ2n) is 7.49. The number of rotatable bonds is 6. The summed E-state index contributed by atoms with van der Waals surface area (Å²) < 4.78 is 17.3. The van der Waals surface area contributed by atoms with Crippen molar-refractivity contribution in [2.24, 2.45) is 0 Å². The van der Waals surface area contributed by atoms with Crippen LogP contribution < -0.4 is 14.8 Å². The zero-order valence-electron chi connectivity index (χ0n) is 18.7. The van der Waals surface area contributed by atoms with E-state index in [4.69, 9.17) is 13.9 Å².